The van der Waals surface area contributed by atoms with Gasteiger partial charge in [-0.2, -0.15) is 0 Å². The summed E-state index contributed by atoms with van der Waals surface area (Å²) >= 11 is 0. The molecule has 0 radical (unpaired) electrons. The van der Waals surface area contributed by atoms with Crippen LogP contribution in [0.5, 0.6) is 0 Å². The summed E-state index contributed by atoms with van der Waals surface area (Å²) in [5.74, 6) is -0.858. The van der Waals surface area contributed by atoms with Crippen LogP contribution in [-0.2, 0) is 32.3 Å². The van der Waals surface area contributed by atoms with Crippen LogP contribution < -0.4 is 5.56 Å². The molecule has 0 saturated carbocycles. The number of hydrogen-bond donors (Lipinski definition) is 1. The first-order chi connectivity index (χ1) is 13.3. The lowest BCUT2D eigenvalue weighted by Crippen LogP contribution is -2.32. The summed E-state index contributed by atoms with van der Waals surface area (Å²) in [4.78, 5) is 22.7. The highest BCUT2D eigenvalue weighted by Crippen LogP contribution is 2.50. The molecule has 2 aromatic rings. The molecular weight excluding hydrogens is 395 g/mol. The smallest absolute Gasteiger partial charge is 0.347 e. The number of fused-ring (bicyclic) bond motifs is 2. The summed E-state index contributed by atoms with van der Waals surface area (Å²) in [5.41, 5.74) is 0.175. The van der Waals surface area contributed by atoms with Gasteiger partial charge in [0.05, 0.1) is 19.3 Å². The summed E-state index contributed by atoms with van der Waals surface area (Å²) in [7, 11) is -1.23. The maximum absolute atomic E-state index is 12.2. The molecule has 4 rings (SSSR count). The van der Waals surface area contributed by atoms with Gasteiger partial charge < -0.3 is 19.2 Å². The number of phosphoric acid groups is 1. The monoisotopic (exact) mass is 416 g/mol. The Hall–Kier alpha value is -1.66. The van der Waals surface area contributed by atoms with Crippen molar-refractivity contribution in [3.8, 4) is 0 Å². The fourth-order valence-corrected chi connectivity index (χ4v) is 4.10. The van der Waals surface area contributed by atoms with Gasteiger partial charge >= 0.3 is 7.82 Å². The number of rotatable bonds is 6. The van der Waals surface area contributed by atoms with Crippen LogP contribution in [0.25, 0.3) is 11.2 Å². The molecular formula is C15H21N4O8P. The second-order valence-electron chi connectivity index (χ2n) is 6.79. The highest BCUT2D eigenvalue weighted by atomic mass is 31.2. The van der Waals surface area contributed by atoms with E-state index in [1.165, 1.54) is 26.9 Å². The minimum Gasteiger partial charge on any atom is -0.347 e. The number of imidazole rings is 1. The van der Waals surface area contributed by atoms with E-state index in [-0.39, 0.29) is 17.7 Å². The Labute approximate surface area is 159 Å². The second-order valence-corrected chi connectivity index (χ2v) is 8.68. The van der Waals surface area contributed by atoms with E-state index in [2.05, 4.69) is 15.0 Å². The third-order valence-corrected chi connectivity index (χ3v) is 5.97. The van der Waals surface area contributed by atoms with Crippen LogP contribution in [0.4, 0.5) is 0 Å². The van der Waals surface area contributed by atoms with Crippen molar-refractivity contribution in [2.24, 2.45) is 0 Å². The van der Waals surface area contributed by atoms with Crippen molar-refractivity contribution in [3.05, 3.63) is 23.0 Å². The van der Waals surface area contributed by atoms with E-state index >= 15 is 0 Å². The molecule has 12 nitrogen and oxygen atoms in total. The first-order valence-electron chi connectivity index (χ1n) is 8.54. The van der Waals surface area contributed by atoms with Crippen molar-refractivity contribution in [2.45, 2.75) is 44.2 Å². The number of ether oxygens (including phenoxy) is 3. The Morgan fingerprint density at radius 2 is 1.96 bits per heavy atom. The molecule has 4 heterocycles. The SMILES string of the molecule is COP(=O)(OC)OCC1OC(n2cnc3c(=O)[nH]cnc32)C2OC(C)(C)OC12. The van der Waals surface area contributed by atoms with Gasteiger partial charge in [0.1, 0.15) is 18.3 Å². The molecule has 2 fully saturated rings. The molecule has 2 aliphatic rings. The molecule has 1 N–H and O–H groups in total. The number of nitrogens with one attached hydrogen (secondary N) is 1. The summed E-state index contributed by atoms with van der Waals surface area (Å²) in [6.07, 6.45) is 0.410. The third kappa shape index (κ3) is 3.30. The zero-order chi connectivity index (χ0) is 20.1. The highest BCUT2D eigenvalue weighted by Gasteiger charge is 2.56. The topological polar surface area (TPSA) is 136 Å². The lowest BCUT2D eigenvalue weighted by atomic mass is 10.1. The zero-order valence-electron chi connectivity index (χ0n) is 15.7. The van der Waals surface area contributed by atoms with Crippen LogP contribution in [0, 0.1) is 0 Å². The van der Waals surface area contributed by atoms with Gasteiger partial charge in [-0.1, -0.05) is 0 Å². The fourth-order valence-electron chi connectivity index (χ4n) is 3.41. The number of phosphoric ester groups is 1. The molecule has 2 aromatic heterocycles. The van der Waals surface area contributed by atoms with Gasteiger partial charge in [0.15, 0.2) is 23.2 Å². The molecule has 4 unspecified atom stereocenters. The summed E-state index contributed by atoms with van der Waals surface area (Å²) in [6, 6.07) is 0. The zero-order valence-corrected chi connectivity index (χ0v) is 16.6. The number of H-pyrrole nitrogens is 1. The van der Waals surface area contributed by atoms with Crippen molar-refractivity contribution in [1.29, 1.82) is 0 Å². The molecule has 0 bridgehead atoms. The Balaban J connectivity index is 1.64. The largest absolute Gasteiger partial charge is 0.474 e. The minimum absolute atomic E-state index is 0.114. The van der Waals surface area contributed by atoms with E-state index in [9.17, 15) is 9.36 Å². The quantitative estimate of drug-likeness (QED) is 0.678. The summed E-state index contributed by atoms with van der Waals surface area (Å²) < 4.78 is 46.7. The van der Waals surface area contributed by atoms with E-state index in [4.69, 9.17) is 27.8 Å². The number of hydrogen-bond acceptors (Lipinski definition) is 10. The van der Waals surface area contributed by atoms with Gasteiger partial charge in [-0.15, -0.1) is 0 Å². The van der Waals surface area contributed by atoms with E-state index in [0.717, 1.165) is 0 Å². The van der Waals surface area contributed by atoms with Crippen LogP contribution in [0.3, 0.4) is 0 Å². The predicted molar refractivity (Wildman–Crippen MR) is 93.5 cm³/mol. The van der Waals surface area contributed by atoms with Gasteiger partial charge in [-0.05, 0) is 13.8 Å². The Morgan fingerprint density at radius 1 is 1.25 bits per heavy atom. The van der Waals surface area contributed by atoms with Crippen LogP contribution in [0.1, 0.15) is 20.1 Å². The van der Waals surface area contributed by atoms with Crippen LogP contribution in [0.2, 0.25) is 0 Å². The molecule has 2 aliphatic heterocycles. The van der Waals surface area contributed by atoms with Crippen molar-refractivity contribution < 1.29 is 32.3 Å². The van der Waals surface area contributed by atoms with Gasteiger partial charge in [0, 0.05) is 14.2 Å². The van der Waals surface area contributed by atoms with Gasteiger partial charge in [-0.25, -0.2) is 14.5 Å². The highest BCUT2D eigenvalue weighted by molar-refractivity contribution is 7.48. The lowest BCUT2D eigenvalue weighted by molar-refractivity contribution is -0.199. The second kappa shape index (κ2) is 6.99. The molecule has 0 spiro atoms. The van der Waals surface area contributed by atoms with Crippen LogP contribution >= 0.6 is 7.82 Å². The molecule has 2 saturated heterocycles. The Morgan fingerprint density at radius 3 is 2.68 bits per heavy atom. The maximum atomic E-state index is 12.2. The molecule has 28 heavy (non-hydrogen) atoms. The predicted octanol–water partition coefficient (Wildman–Crippen LogP) is 0.955. The van der Waals surface area contributed by atoms with Gasteiger partial charge in [-0.3, -0.25) is 22.9 Å². The molecule has 154 valence electrons. The van der Waals surface area contributed by atoms with Gasteiger partial charge in [0.2, 0.25) is 0 Å². The standard InChI is InChI=1S/C15H21N4O8P/c1-15(2)26-10-8(5-24-28(21,22-3)23-4)25-14(11(10)27-15)19-7-18-9-12(19)16-6-17-13(9)20/h6-8,10-11,14H,5H2,1-4H3,(H,16,17,20). The van der Waals surface area contributed by atoms with Crippen molar-refractivity contribution in [1.82, 2.24) is 19.5 Å². The maximum Gasteiger partial charge on any atom is 0.474 e. The van der Waals surface area contributed by atoms with Crippen LogP contribution in [0.15, 0.2) is 17.4 Å². The average molecular weight is 416 g/mol. The summed E-state index contributed by atoms with van der Waals surface area (Å²) in [5, 5.41) is 0. The lowest BCUT2D eigenvalue weighted by Gasteiger charge is -2.25. The number of aromatic amines is 1. The Bertz CT molecular complexity index is 966. The fraction of sp³-hybridized carbons (Fsp3) is 0.667. The first-order valence-corrected chi connectivity index (χ1v) is 10.0. The van der Waals surface area contributed by atoms with Crippen molar-refractivity contribution in [2.75, 3.05) is 20.8 Å². The normalized spacial score (nSPS) is 29.4. The number of aromatic nitrogens is 4. The van der Waals surface area contributed by atoms with E-state index in [0.29, 0.717) is 5.65 Å². The van der Waals surface area contributed by atoms with E-state index < -0.39 is 38.1 Å². The summed E-state index contributed by atoms with van der Waals surface area (Å²) in [6.45, 7) is 3.45. The van der Waals surface area contributed by atoms with E-state index in [1.807, 2.05) is 0 Å². The van der Waals surface area contributed by atoms with Crippen molar-refractivity contribution >= 4 is 19.0 Å². The molecule has 0 amide bonds. The van der Waals surface area contributed by atoms with Gasteiger partial charge in [0.25, 0.3) is 5.56 Å². The molecule has 13 heteroatoms. The van der Waals surface area contributed by atoms with E-state index in [1.54, 1.807) is 18.4 Å². The third-order valence-electron chi connectivity index (χ3n) is 4.61. The molecule has 0 aromatic carbocycles. The minimum atomic E-state index is -3.68. The molecule has 4 atom stereocenters. The van der Waals surface area contributed by atoms with Crippen molar-refractivity contribution in [3.63, 3.8) is 0 Å². The average Bonchev–Trinajstić information content (AvgIpc) is 3.31. The first kappa shape index (κ1) is 19.6. The Kier molecular flexibility index (Phi) is 4.91. The van der Waals surface area contributed by atoms with Crippen LogP contribution in [-0.4, -0.2) is 64.4 Å². The molecule has 0 aliphatic carbocycles. The number of nitrogens with zero attached hydrogens (tertiary/aromatic N) is 3.